The molecular formula is C11H16O5. The Morgan fingerprint density at radius 2 is 2.25 bits per heavy atom. The van der Waals surface area contributed by atoms with Gasteiger partial charge in [-0.25, -0.2) is 4.79 Å². The van der Waals surface area contributed by atoms with Gasteiger partial charge >= 0.3 is 5.97 Å². The van der Waals surface area contributed by atoms with E-state index in [1.165, 1.54) is 13.2 Å². The van der Waals surface area contributed by atoms with E-state index < -0.39 is 23.1 Å². The predicted octanol–water partition coefficient (Wildman–Crippen LogP) is 0.826. The first kappa shape index (κ1) is 12.9. The zero-order valence-corrected chi connectivity index (χ0v) is 9.74. The fourth-order valence-electron chi connectivity index (χ4n) is 1.62. The molecule has 1 heterocycles. The lowest BCUT2D eigenvalue weighted by atomic mass is 9.92. The van der Waals surface area contributed by atoms with E-state index in [1.54, 1.807) is 13.8 Å². The van der Waals surface area contributed by atoms with E-state index >= 15 is 0 Å². The maximum atomic E-state index is 11.8. The van der Waals surface area contributed by atoms with Gasteiger partial charge in [-0.3, -0.25) is 4.79 Å². The highest BCUT2D eigenvalue weighted by molar-refractivity contribution is 6.08. The predicted molar refractivity (Wildman–Crippen MR) is 55.7 cm³/mol. The highest BCUT2D eigenvalue weighted by Crippen LogP contribution is 2.32. The Hall–Kier alpha value is -1.20. The molecule has 1 aliphatic heterocycles. The first-order valence-electron chi connectivity index (χ1n) is 4.95. The summed E-state index contributed by atoms with van der Waals surface area (Å²) < 4.78 is 15.2. The van der Waals surface area contributed by atoms with E-state index in [1.807, 2.05) is 0 Å². The fraction of sp³-hybridized carbons (Fsp3) is 0.636. The van der Waals surface area contributed by atoms with Crippen molar-refractivity contribution in [3.8, 4) is 0 Å². The van der Waals surface area contributed by atoms with Crippen molar-refractivity contribution in [2.45, 2.75) is 31.7 Å². The molecule has 0 unspecified atom stereocenters. The third-order valence-corrected chi connectivity index (χ3v) is 2.37. The van der Waals surface area contributed by atoms with E-state index in [0.717, 1.165) is 0 Å². The van der Waals surface area contributed by atoms with Crippen LogP contribution in [0.15, 0.2) is 12.7 Å². The van der Waals surface area contributed by atoms with Crippen molar-refractivity contribution in [2.75, 3.05) is 13.7 Å². The lowest BCUT2D eigenvalue weighted by molar-refractivity contribution is -0.286. The summed E-state index contributed by atoms with van der Waals surface area (Å²) in [6.07, 6.45) is 1.53. The van der Waals surface area contributed by atoms with Crippen LogP contribution >= 0.6 is 0 Å². The van der Waals surface area contributed by atoms with Gasteiger partial charge in [0, 0.05) is 6.42 Å². The molecule has 5 heteroatoms. The fourth-order valence-corrected chi connectivity index (χ4v) is 1.62. The third-order valence-electron chi connectivity index (χ3n) is 2.37. The van der Waals surface area contributed by atoms with Gasteiger partial charge in [0.2, 0.25) is 11.4 Å². The normalized spacial score (nSPS) is 28.6. The minimum atomic E-state index is -1.61. The van der Waals surface area contributed by atoms with Gasteiger partial charge in [0.25, 0.3) is 0 Å². The van der Waals surface area contributed by atoms with Crippen molar-refractivity contribution in [2.24, 2.45) is 0 Å². The molecule has 0 aromatic carbocycles. The van der Waals surface area contributed by atoms with Gasteiger partial charge in [-0.1, -0.05) is 6.08 Å². The van der Waals surface area contributed by atoms with E-state index in [9.17, 15) is 9.59 Å². The Morgan fingerprint density at radius 3 is 2.75 bits per heavy atom. The van der Waals surface area contributed by atoms with Gasteiger partial charge in [0.05, 0.1) is 7.11 Å². The Morgan fingerprint density at radius 1 is 1.62 bits per heavy atom. The number of hydrogen-bond donors (Lipinski definition) is 0. The van der Waals surface area contributed by atoms with Crippen LogP contribution in [-0.4, -0.2) is 36.9 Å². The summed E-state index contributed by atoms with van der Waals surface area (Å²) in [5.74, 6) is -2.15. The van der Waals surface area contributed by atoms with Crippen LogP contribution in [0.2, 0.25) is 0 Å². The van der Waals surface area contributed by atoms with Crippen LogP contribution in [0.25, 0.3) is 0 Å². The summed E-state index contributed by atoms with van der Waals surface area (Å²) in [4.78, 5) is 23.5. The molecule has 90 valence electrons. The van der Waals surface area contributed by atoms with Crippen molar-refractivity contribution < 1.29 is 23.8 Å². The second-order valence-corrected chi connectivity index (χ2v) is 4.03. The number of ketones is 1. The lowest BCUT2D eigenvalue weighted by Crippen LogP contribution is -2.60. The SMILES string of the molecule is C=CC[C@]1(C(=O)OC)OC(C)(C)OCC1=O. The van der Waals surface area contributed by atoms with Crippen LogP contribution in [0.4, 0.5) is 0 Å². The lowest BCUT2D eigenvalue weighted by Gasteiger charge is -2.41. The van der Waals surface area contributed by atoms with Gasteiger partial charge in [0.1, 0.15) is 6.61 Å². The number of Topliss-reactive ketones (excluding diaryl/α,β-unsaturated/α-hetero) is 1. The molecule has 1 saturated heterocycles. The summed E-state index contributed by atoms with van der Waals surface area (Å²) in [5, 5.41) is 0. The van der Waals surface area contributed by atoms with E-state index in [4.69, 9.17) is 9.47 Å². The highest BCUT2D eigenvalue weighted by atomic mass is 16.7. The first-order valence-corrected chi connectivity index (χ1v) is 4.95. The molecule has 0 bridgehead atoms. The minimum absolute atomic E-state index is 0.0747. The number of carbonyl (C=O) groups excluding carboxylic acids is 2. The van der Waals surface area contributed by atoms with E-state index in [-0.39, 0.29) is 13.0 Å². The zero-order chi connectivity index (χ0) is 12.4. The van der Waals surface area contributed by atoms with Crippen molar-refractivity contribution in [3.63, 3.8) is 0 Å². The summed E-state index contributed by atoms with van der Waals surface area (Å²) >= 11 is 0. The van der Waals surface area contributed by atoms with Crippen LogP contribution in [0.5, 0.6) is 0 Å². The molecule has 0 amide bonds. The number of hydrogen-bond acceptors (Lipinski definition) is 5. The summed E-state index contributed by atoms with van der Waals surface area (Å²) in [6.45, 7) is 6.63. The third kappa shape index (κ3) is 2.15. The molecule has 0 radical (unpaired) electrons. The maximum absolute atomic E-state index is 11.8. The number of rotatable bonds is 3. The largest absolute Gasteiger partial charge is 0.467 e. The van der Waals surface area contributed by atoms with Crippen LogP contribution in [0, 0.1) is 0 Å². The van der Waals surface area contributed by atoms with Crippen LogP contribution in [0.3, 0.4) is 0 Å². The first-order chi connectivity index (χ1) is 7.38. The topological polar surface area (TPSA) is 61.8 Å². The summed E-state index contributed by atoms with van der Waals surface area (Å²) in [5.41, 5.74) is -1.61. The molecule has 1 fully saturated rings. The average molecular weight is 228 g/mol. The zero-order valence-electron chi connectivity index (χ0n) is 9.74. The van der Waals surface area contributed by atoms with Gasteiger partial charge in [0.15, 0.2) is 5.79 Å². The molecule has 0 N–H and O–H groups in total. The van der Waals surface area contributed by atoms with E-state index in [2.05, 4.69) is 11.3 Å². The molecule has 1 rings (SSSR count). The molecule has 0 aromatic rings. The second-order valence-electron chi connectivity index (χ2n) is 4.03. The van der Waals surface area contributed by atoms with Crippen molar-refractivity contribution in [1.82, 2.24) is 0 Å². The standard InChI is InChI=1S/C11H16O5/c1-5-6-11(9(13)14-4)8(12)7-15-10(2,3)16-11/h5H,1,6-7H2,2-4H3/t11-/m0/s1. The van der Waals surface area contributed by atoms with E-state index in [0.29, 0.717) is 0 Å². The molecule has 0 saturated carbocycles. The molecule has 0 aromatic heterocycles. The average Bonchev–Trinajstić information content (AvgIpc) is 2.22. The van der Waals surface area contributed by atoms with Crippen molar-refractivity contribution >= 4 is 11.8 Å². The number of carbonyl (C=O) groups is 2. The molecule has 1 aliphatic rings. The van der Waals surface area contributed by atoms with Crippen LogP contribution in [0.1, 0.15) is 20.3 Å². The van der Waals surface area contributed by atoms with Crippen LogP contribution < -0.4 is 0 Å². The molecule has 5 nitrogen and oxygen atoms in total. The molecule has 0 spiro atoms. The number of esters is 1. The summed E-state index contributed by atoms with van der Waals surface area (Å²) in [6, 6.07) is 0. The quantitative estimate of drug-likeness (QED) is 0.406. The van der Waals surface area contributed by atoms with Crippen LogP contribution in [-0.2, 0) is 23.8 Å². The van der Waals surface area contributed by atoms with Gasteiger partial charge < -0.3 is 14.2 Å². The molecule has 16 heavy (non-hydrogen) atoms. The minimum Gasteiger partial charge on any atom is -0.467 e. The Labute approximate surface area is 94.4 Å². The van der Waals surface area contributed by atoms with Crippen molar-refractivity contribution in [1.29, 1.82) is 0 Å². The van der Waals surface area contributed by atoms with Gasteiger partial charge in [-0.05, 0) is 13.8 Å². The molecule has 0 aliphatic carbocycles. The smallest absolute Gasteiger partial charge is 0.346 e. The Bertz CT molecular complexity index is 310. The molecular weight excluding hydrogens is 212 g/mol. The summed E-state index contributed by atoms with van der Waals surface area (Å²) in [7, 11) is 1.21. The maximum Gasteiger partial charge on any atom is 0.346 e. The van der Waals surface area contributed by atoms with Gasteiger partial charge in [-0.2, -0.15) is 0 Å². The molecule has 1 atom stereocenters. The Balaban J connectivity index is 3.09. The number of methoxy groups -OCH3 is 1. The monoisotopic (exact) mass is 228 g/mol. The highest BCUT2D eigenvalue weighted by Gasteiger charge is 2.54. The van der Waals surface area contributed by atoms with Crippen molar-refractivity contribution in [3.05, 3.63) is 12.7 Å². The Kier molecular flexibility index (Phi) is 3.50. The van der Waals surface area contributed by atoms with Gasteiger partial charge in [-0.15, -0.1) is 6.58 Å². The second kappa shape index (κ2) is 4.35. The number of ether oxygens (including phenoxy) is 3.